The highest BCUT2D eigenvalue weighted by atomic mass is 32.2. The Labute approximate surface area is 98.9 Å². The second-order valence-corrected chi connectivity index (χ2v) is 8.00. The summed E-state index contributed by atoms with van der Waals surface area (Å²) in [5, 5.41) is 3.71. The molecule has 2 aliphatic rings. The molecular formula is C12H23NO2S. The predicted octanol–water partition coefficient (Wildman–Crippen LogP) is 1.88. The van der Waals surface area contributed by atoms with E-state index in [1.54, 1.807) is 0 Å². The van der Waals surface area contributed by atoms with Gasteiger partial charge in [-0.1, -0.05) is 19.3 Å². The van der Waals surface area contributed by atoms with Gasteiger partial charge in [-0.3, -0.25) is 0 Å². The lowest BCUT2D eigenvalue weighted by molar-refractivity contribution is 0.221. The van der Waals surface area contributed by atoms with Crippen molar-refractivity contribution in [2.24, 2.45) is 0 Å². The van der Waals surface area contributed by atoms with Gasteiger partial charge in [-0.15, -0.1) is 0 Å². The van der Waals surface area contributed by atoms with E-state index in [0.29, 0.717) is 17.5 Å². The van der Waals surface area contributed by atoms with Crippen molar-refractivity contribution in [1.29, 1.82) is 0 Å². The normalized spacial score (nSPS) is 30.1. The van der Waals surface area contributed by atoms with E-state index in [1.807, 2.05) is 0 Å². The van der Waals surface area contributed by atoms with Gasteiger partial charge in [-0.2, -0.15) is 0 Å². The minimum absolute atomic E-state index is 0.268. The van der Waals surface area contributed by atoms with E-state index in [0.717, 1.165) is 12.8 Å². The standard InChI is InChI=1S/C12H23NO2S/c1-12(7-3-2-4-8-12)13-11-5-9-16(14,15)10-6-11/h11,13H,2-10H2,1H3. The molecule has 2 fully saturated rings. The van der Waals surface area contributed by atoms with Gasteiger partial charge in [0.25, 0.3) is 0 Å². The second kappa shape index (κ2) is 4.65. The minimum atomic E-state index is -2.72. The van der Waals surface area contributed by atoms with Gasteiger partial charge in [-0.05, 0) is 32.6 Å². The Morgan fingerprint density at radius 1 is 1.06 bits per heavy atom. The molecule has 1 aliphatic carbocycles. The Bertz CT molecular complexity index is 317. The number of rotatable bonds is 2. The third kappa shape index (κ3) is 3.20. The molecule has 0 bridgehead atoms. The van der Waals surface area contributed by atoms with Crippen molar-refractivity contribution in [2.45, 2.75) is 63.5 Å². The maximum absolute atomic E-state index is 11.3. The molecule has 0 aromatic heterocycles. The highest BCUT2D eigenvalue weighted by Gasteiger charge is 2.31. The molecule has 1 N–H and O–H groups in total. The van der Waals surface area contributed by atoms with Crippen LogP contribution in [-0.4, -0.2) is 31.5 Å². The van der Waals surface area contributed by atoms with Crippen LogP contribution in [0.25, 0.3) is 0 Å². The molecule has 2 rings (SSSR count). The molecule has 4 heteroatoms. The maximum Gasteiger partial charge on any atom is 0.150 e. The number of nitrogens with one attached hydrogen (secondary N) is 1. The Morgan fingerprint density at radius 3 is 2.19 bits per heavy atom. The number of hydrogen-bond donors (Lipinski definition) is 1. The van der Waals surface area contributed by atoms with Crippen molar-refractivity contribution in [1.82, 2.24) is 5.32 Å². The fourth-order valence-electron chi connectivity index (χ4n) is 3.00. The van der Waals surface area contributed by atoms with Gasteiger partial charge < -0.3 is 5.32 Å². The van der Waals surface area contributed by atoms with E-state index in [9.17, 15) is 8.42 Å². The van der Waals surface area contributed by atoms with E-state index in [-0.39, 0.29) is 5.54 Å². The van der Waals surface area contributed by atoms with E-state index in [2.05, 4.69) is 12.2 Å². The van der Waals surface area contributed by atoms with Gasteiger partial charge >= 0.3 is 0 Å². The molecule has 3 nitrogen and oxygen atoms in total. The van der Waals surface area contributed by atoms with Crippen molar-refractivity contribution < 1.29 is 8.42 Å². The highest BCUT2D eigenvalue weighted by molar-refractivity contribution is 7.91. The Balaban J connectivity index is 1.86. The average molecular weight is 245 g/mol. The van der Waals surface area contributed by atoms with Crippen LogP contribution in [0.15, 0.2) is 0 Å². The summed E-state index contributed by atoms with van der Waals surface area (Å²) in [5.41, 5.74) is 0.268. The molecule has 1 saturated heterocycles. The van der Waals surface area contributed by atoms with Crippen LogP contribution in [0.5, 0.6) is 0 Å². The first-order valence-electron chi connectivity index (χ1n) is 6.47. The molecule has 1 heterocycles. The van der Waals surface area contributed by atoms with Crippen LogP contribution in [-0.2, 0) is 9.84 Å². The first kappa shape index (κ1) is 12.4. The molecule has 0 aromatic rings. The molecule has 0 atom stereocenters. The van der Waals surface area contributed by atoms with Gasteiger partial charge in [0.15, 0.2) is 0 Å². The lowest BCUT2D eigenvalue weighted by Crippen LogP contribution is -2.51. The van der Waals surface area contributed by atoms with Crippen molar-refractivity contribution in [3.8, 4) is 0 Å². The van der Waals surface area contributed by atoms with Crippen LogP contribution in [0.1, 0.15) is 51.9 Å². The molecule has 0 amide bonds. The lowest BCUT2D eigenvalue weighted by atomic mass is 9.82. The van der Waals surface area contributed by atoms with Crippen LogP contribution < -0.4 is 5.32 Å². The molecule has 1 aliphatic heterocycles. The van der Waals surface area contributed by atoms with Crippen molar-refractivity contribution in [2.75, 3.05) is 11.5 Å². The van der Waals surface area contributed by atoms with Crippen molar-refractivity contribution in [3.63, 3.8) is 0 Å². The topological polar surface area (TPSA) is 46.2 Å². The first-order valence-corrected chi connectivity index (χ1v) is 8.29. The maximum atomic E-state index is 11.3. The fraction of sp³-hybridized carbons (Fsp3) is 1.00. The van der Waals surface area contributed by atoms with E-state index < -0.39 is 9.84 Å². The van der Waals surface area contributed by atoms with E-state index in [4.69, 9.17) is 0 Å². The molecule has 16 heavy (non-hydrogen) atoms. The Hall–Kier alpha value is -0.0900. The van der Waals surface area contributed by atoms with Crippen LogP contribution in [0, 0.1) is 0 Å². The van der Waals surface area contributed by atoms with Gasteiger partial charge in [0.05, 0.1) is 11.5 Å². The van der Waals surface area contributed by atoms with Crippen LogP contribution in [0.2, 0.25) is 0 Å². The first-order chi connectivity index (χ1) is 7.49. The summed E-state index contributed by atoms with van der Waals surface area (Å²) in [6.45, 7) is 2.30. The molecule has 94 valence electrons. The smallest absolute Gasteiger partial charge is 0.150 e. The second-order valence-electron chi connectivity index (χ2n) is 5.69. The van der Waals surface area contributed by atoms with E-state index in [1.165, 1.54) is 32.1 Å². The summed E-state index contributed by atoms with van der Waals surface area (Å²) in [4.78, 5) is 0. The van der Waals surface area contributed by atoms with Gasteiger partial charge in [0.1, 0.15) is 9.84 Å². The highest BCUT2D eigenvalue weighted by Crippen LogP contribution is 2.29. The molecular weight excluding hydrogens is 222 g/mol. The minimum Gasteiger partial charge on any atom is -0.309 e. The summed E-state index contributed by atoms with van der Waals surface area (Å²) < 4.78 is 22.7. The summed E-state index contributed by atoms with van der Waals surface area (Å²) >= 11 is 0. The summed E-state index contributed by atoms with van der Waals surface area (Å²) in [6.07, 6.45) is 8.09. The SMILES string of the molecule is CC1(NC2CCS(=O)(=O)CC2)CCCCC1. The number of hydrogen-bond acceptors (Lipinski definition) is 3. The zero-order valence-corrected chi connectivity index (χ0v) is 11.0. The quantitative estimate of drug-likeness (QED) is 0.808. The Morgan fingerprint density at radius 2 is 1.62 bits per heavy atom. The van der Waals surface area contributed by atoms with E-state index >= 15 is 0 Å². The molecule has 0 radical (unpaired) electrons. The largest absolute Gasteiger partial charge is 0.309 e. The monoisotopic (exact) mass is 245 g/mol. The van der Waals surface area contributed by atoms with Gasteiger partial charge in [0.2, 0.25) is 0 Å². The number of sulfone groups is 1. The van der Waals surface area contributed by atoms with Crippen LogP contribution in [0.4, 0.5) is 0 Å². The van der Waals surface area contributed by atoms with Gasteiger partial charge in [0, 0.05) is 11.6 Å². The summed E-state index contributed by atoms with van der Waals surface area (Å²) in [5.74, 6) is 0.751. The average Bonchev–Trinajstić information content (AvgIpc) is 2.22. The zero-order valence-electron chi connectivity index (χ0n) is 10.2. The predicted molar refractivity (Wildman–Crippen MR) is 66.3 cm³/mol. The fourth-order valence-corrected chi connectivity index (χ4v) is 4.50. The lowest BCUT2D eigenvalue weighted by Gasteiger charge is -2.39. The molecule has 0 spiro atoms. The molecule has 0 aromatic carbocycles. The Kier molecular flexibility index (Phi) is 3.59. The third-order valence-electron chi connectivity index (χ3n) is 4.06. The molecule has 1 saturated carbocycles. The zero-order chi connectivity index (χ0) is 11.6. The van der Waals surface area contributed by atoms with Crippen LogP contribution >= 0.6 is 0 Å². The van der Waals surface area contributed by atoms with Gasteiger partial charge in [-0.25, -0.2) is 8.42 Å². The summed E-state index contributed by atoms with van der Waals surface area (Å²) in [7, 11) is -2.72. The van der Waals surface area contributed by atoms with Crippen LogP contribution in [0.3, 0.4) is 0 Å². The third-order valence-corrected chi connectivity index (χ3v) is 5.78. The molecule has 0 unspecified atom stereocenters. The van der Waals surface area contributed by atoms with Crippen molar-refractivity contribution in [3.05, 3.63) is 0 Å². The summed E-state index contributed by atoms with van der Waals surface area (Å²) in [6, 6.07) is 0.423. The van der Waals surface area contributed by atoms with Crippen molar-refractivity contribution >= 4 is 9.84 Å².